The molecule has 28 heavy (non-hydrogen) atoms. The summed E-state index contributed by atoms with van der Waals surface area (Å²) in [6.45, 7) is 2.39. The SMILES string of the molecule is COc1cccc(-c2cc(C(=O)NCc3cccs3)c3c(C)nn(C)c3n2)c1. The van der Waals surface area contributed by atoms with Gasteiger partial charge in [0.15, 0.2) is 5.65 Å². The smallest absolute Gasteiger partial charge is 0.252 e. The Balaban J connectivity index is 1.80. The Morgan fingerprint density at radius 3 is 2.86 bits per heavy atom. The maximum absolute atomic E-state index is 13.0. The van der Waals surface area contributed by atoms with E-state index in [0.717, 1.165) is 27.3 Å². The number of thiophene rings is 1. The van der Waals surface area contributed by atoms with E-state index in [-0.39, 0.29) is 5.91 Å². The molecule has 0 unspecified atom stereocenters. The molecule has 0 spiro atoms. The maximum atomic E-state index is 13.0. The lowest BCUT2D eigenvalue weighted by atomic mass is 10.0. The molecule has 0 radical (unpaired) electrons. The fourth-order valence-electron chi connectivity index (χ4n) is 3.23. The summed E-state index contributed by atoms with van der Waals surface area (Å²) in [6.07, 6.45) is 0. The zero-order chi connectivity index (χ0) is 19.7. The topological polar surface area (TPSA) is 69.0 Å². The van der Waals surface area contributed by atoms with Crippen molar-refractivity contribution in [2.75, 3.05) is 7.11 Å². The molecule has 3 aromatic heterocycles. The van der Waals surface area contributed by atoms with Crippen LogP contribution in [0.2, 0.25) is 0 Å². The van der Waals surface area contributed by atoms with Crippen LogP contribution in [0.3, 0.4) is 0 Å². The molecule has 0 saturated heterocycles. The minimum absolute atomic E-state index is 0.138. The van der Waals surface area contributed by atoms with E-state index in [1.165, 1.54) is 0 Å². The van der Waals surface area contributed by atoms with E-state index in [1.54, 1.807) is 23.1 Å². The summed E-state index contributed by atoms with van der Waals surface area (Å²) in [5.74, 6) is 0.602. The Hall–Kier alpha value is -3.19. The average molecular weight is 392 g/mol. The number of carbonyl (C=O) groups excluding carboxylic acids is 1. The number of aromatic nitrogens is 3. The highest BCUT2D eigenvalue weighted by Gasteiger charge is 2.19. The first-order chi connectivity index (χ1) is 13.6. The summed E-state index contributed by atoms with van der Waals surface area (Å²) in [7, 11) is 3.47. The van der Waals surface area contributed by atoms with Crippen LogP contribution >= 0.6 is 11.3 Å². The molecule has 1 amide bonds. The molecule has 0 aliphatic rings. The highest BCUT2D eigenvalue weighted by atomic mass is 32.1. The molecule has 0 atom stereocenters. The fourth-order valence-corrected chi connectivity index (χ4v) is 3.87. The molecule has 0 bridgehead atoms. The normalized spacial score (nSPS) is 11.0. The number of methoxy groups -OCH3 is 1. The molecule has 7 heteroatoms. The van der Waals surface area contributed by atoms with Crippen LogP contribution in [0.4, 0.5) is 0 Å². The number of amides is 1. The van der Waals surface area contributed by atoms with Crippen LogP contribution in [0.1, 0.15) is 20.9 Å². The number of pyridine rings is 1. The van der Waals surface area contributed by atoms with Crippen molar-refractivity contribution < 1.29 is 9.53 Å². The summed E-state index contributed by atoms with van der Waals surface area (Å²) < 4.78 is 7.04. The number of fused-ring (bicyclic) bond motifs is 1. The van der Waals surface area contributed by atoms with Crippen molar-refractivity contribution in [2.24, 2.45) is 7.05 Å². The maximum Gasteiger partial charge on any atom is 0.252 e. The average Bonchev–Trinajstić information content (AvgIpc) is 3.33. The Kier molecular flexibility index (Phi) is 4.83. The minimum Gasteiger partial charge on any atom is -0.497 e. The first-order valence-electron chi connectivity index (χ1n) is 8.86. The van der Waals surface area contributed by atoms with Gasteiger partial charge in [0.25, 0.3) is 5.91 Å². The van der Waals surface area contributed by atoms with Crippen molar-refractivity contribution >= 4 is 28.3 Å². The highest BCUT2D eigenvalue weighted by molar-refractivity contribution is 7.09. The molecule has 3 heterocycles. The predicted octanol–water partition coefficient (Wildman–Crippen LogP) is 3.94. The second kappa shape index (κ2) is 7.44. The van der Waals surface area contributed by atoms with Gasteiger partial charge in [0.05, 0.1) is 36.0 Å². The van der Waals surface area contributed by atoms with Gasteiger partial charge in [-0.2, -0.15) is 5.10 Å². The van der Waals surface area contributed by atoms with E-state index in [2.05, 4.69) is 10.4 Å². The molecule has 0 aliphatic heterocycles. The number of benzene rings is 1. The third-order valence-corrected chi connectivity index (χ3v) is 5.46. The minimum atomic E-state index is -0.138. The molecule has 0 saturated carbocycles. The number of carbonyl (C=O) groups is 1. The zero-order valence-corrected chi connectivity index (χ0v) is 16.7. The molecule has 4 rings (SSSR count). The summed E-state index contributed by atoms with van der Waals surface area (Å²) in [5.41, 5.74) is 3.62. The van der Waals surface area contributed by atoms with Gasteiger partial charge in [-0.1, -0.05) is 18.2 Å². The van der Waals surface area contributed by atoms with Gasteiger partial charge in [-0.25, -0.2) is 4.98 Å². The van der Waals surface area contributed by atoms with Crippen LogP contribution in [-0.4, -0.2) is 27.8 Å². The van der Waals surface area contributed by atoms with Crippen molar-refractivity contribution in [1.29, 1.82) is 0 Å². The first kappa shape index (κ1) is 18.2. The fraction of sp³-hybridized carbons (Fsp3) is 0.190. The Morgan fingerprint density at radius 2 is 2.11 bits per heavy atom. The van der Waals surface area contributed by atoms with Gasteiger partial charge in [-0.15, -0.1) is 11.3 Å². The lowest BCUT2D eigenvalue weighted by molar-refractivity contribution is 0.0953. The third kappa shape index (κ3) is 3.36. The molecule has 0 aliphatic carbocycles. The van der Waals surface area contributed by atoms with Crippen LogP contribution in [0.5, 0.6) is 5.75 Å². The van der Waals surface area contributed by atoms with Crippen LogP contribution in [0, 0.1) is 6.92 Å². The van der Waals surface area contributed by atoms with Crippen LogP contribution in [0.15, 0.2) is 47.8 Å². The van der Waals surface area contributed by atoms with Gasteiger partial charge in [0, 0.05) is 17.5 Å². The van der Waals surface area contributed by atoms with Gasteiger partial charge in [0.2, 0.25) is 0 Å². The number of aryl methyl sites for hydroxylation is 2. The Morgan fingerprint density at radius 1 is 1.25 bits per heavy atom. The largest absolute Gasteiger partial charge is 0.497 e. The van der Waals surface area contributed by atoms with Crippen LogP contribution in [-0.2, 0) is 13.6 Å². The van der Waals surface area contributed by atoms with Gasteiger partial charge in [-0.05, 0) is 36.6 Å². The summed E-state index contributed by atoms with van der Waals surface area (Å²) >= 11 is 1.62. The van der Waals surface area contributed by atoms with Crippen molar-refractivity contribution in [1.82, 2.24) is 20.1 Å². The van der Waals surface area contributed by atoms with E-state index >= 15 is 0 Å². The van der Waals surface area contributed by atoms with E-state index in [4.69, 9.17) is 9.72 Å². The molecule has 0 fully saturated rings. The lowest BCUT2D eigenvalue weighted by Gasteiger charge is -2.10. The van der Waals surface area contributed by atoms with E-state index in [1.807, 2.05) is 61.8 Å². The Bertz CT molecular complexity index is 1150. The van der Waals surface area contributed by atoms with Gasteiger partial charge < -0.3 is 10.1 Å². The van der Waals surface area contributed by atoms with Gasteiger partial charge in [-0.3, -0.25) is 9.48 Å². The van der Waals surface area contributed by atoms with E-state index in [0.29, 0.717) is 23.4 Å². The number of ether oxygens (including phenoxy) is 1. The van der Waals surface area contributed by atoms with Crippen molar-refractivity contribution in [3.05, 3.63) is 64.0 Å². The van der Waals surface area contributed by atoms with E-state index < -0.39 is 0 Å². The van der Waals surface area contributed by atoms with Crippen molar-refractivity contribution in [3.8, 4) is 17.0 Å². The van der Waals surface area contributed by atoms with Gasteiger partial charge in [0.1, 0.15) is 5.75 Å². The predicted molar refractivity (Wildman–Crippen MR) is 111 cm³/mol. The number of nitrogens with one attached hydrogen (secondary N) is 1. The number of hydrogen-bond donors (Lipinski definition) is 1. The second-order valence-electron chi connectivity index (χ2n) is 6.46. The number of rotatable bonds is 5. The molecular weight excluding hydrogens is 372 g/mol. The van der Waals surface area contributed by atoms with E-state index in [9.17, 15) is 4.79 Å². The standard InChI is InChI=1S/C21H20N4O2S/c1-13-19-17(21(26)22-12-16-8-5-9-28-16)11-18(23-20(19)25(2)24-13)14-6-4-7-15(10-14)27-3/h4-11H,12H2,1-3H3,(H,22,26). The third-order valence-electron chi connectivity index (χ3n) is 4.58. The molecule has 142 valence electrons. The molecule has 6 nitrogen and oxygen atoms in total. The zero-order valence-electron chi connectivity index (χ0n) is 15.9. The first-order valence-corrected chi connectivity index (χ1v) is 9.74. The monoisotopic (exact) mass is 392 g/mol. The second-order valence-corrected chi connectivity index (χ2v) is 7.49. The van der Waals surface area contributed by atoms with Crippen LogP contribution in [0.25, 0.3) is 22.3 Å². The lowest BCUT2D eigenvalue weighted by Crippen LogP contribution is -2.23. The summed E-state index contributed by atoms with van der Waals surface area (Å²) in [6, 6.07) is 13.5. The number of hydrogen-bond acceptors (Lipinski definition) is 5. The van der Waals surface area contributed by atoms with Crippen molar-refractivity contribution in [3.63, 3.8) is 0 Å². The van der Waals surface area contributed by atoms with Crippen LogP contribution < -0.4 is 10.1 Å². The highest BCUT2D eigenvalue weighted by Crippen LogP contribution is 2.28. The molecule has 1 aromatic carbocycles. The van der Waals surface area contributed by atoms with Gasteiger partial charge >= 0.3 is 0 Å². The molecular formula is C21H20N4O2S. The summed E-state index contributed by atoms with van der Waals surface area (Å²) in [4.78, 5) is 18.9. The van der Waals surface area contributed by atoms with Crippen molar-refractivity contribution in [2.45, 2.75) is 13.5 Å². The molecule has 4 aromatic rings. The quantitative estimate of drug-likeness (QED) is 0.558. The Labute approximate surface area is 166 Å². The molecule has 1 N–H and O–H groups in total. The summed E-state index contributed by atoms with van der Waals surface area (Å²) in [5, 5.41) is 10.3. The number of nitrogens with zero attached hydrogens (tertiary/aromatic N) is 3.